The highest BCUT2D eigenvalue weighted by Crippen LogP contribution is 2.13. The van der Waals surface area contributed by atoms with E-state index in [0.717, 1.165) is 12.0 Å². The van der Waals surface area contributed by atoms with Crippen LogP contribution in [0.15, 0.2) is 35.6 Å². The topological polar surface area (TPSA) is 69.2 Å². The summed E-state index contributed by atoms with van der Waals surface area (Å²) in [7, 11) is 0. The maximum absolute atomic E-state index is 10.4. The molecular weight excluding hydrogens is 168 g/mol. The fraction of sp³-hybridized carbons (Fsp3) is 0.333. The Morgan fingerprint density at radius 2 is 2.38 bits per heavy atom. The van der Waals surface area contributed by atoms with E-state index in [1.54, 1.807) is 6.08 Å². The number of nitrogens with two attached hydrogens (primary N) is 1. The minimum Gasteiger partial charge on any atom is -0.330 e. The molecule has 0 unspecified atom stereocenters. The highest BCUT2D eigenvalue weighted by molar-refractivity contribution is 5.28. The SMILES string of the molecule is NCCC1=CCC([N+](=O)[O-])=CC=C1. The van der Waals surface area contributed by atoms with Gasteiger partial charge in [-0.3, -0.25) is 10.1 Å². The predicted octanol–water partition coefficient (Wildman–Crippen LogP) is 1.38. The first-order valence-corrected chi connectivity index (χ1v) is 4.15. The highest BCUT2D eigenvalue weighted by Gasteiger charge is 2.09. The van der Waals surface area contributed by atoms with Crippen LogP contribution >= 0.6 is 0 Å². The summed E-state index contributed by atoms with van der Waals surface area (Å²) >= 11 is 0. The third kappa shape index (κ3) is 2.83. The van der Waals surface area contributed by atoms with Gasteiger partial charge in [-0.2, -0.15) is 0 Å². The van der Waals surface area contributed by atoms with Crippen LogP contribution in [0.2, 0.25) is 0 Å². The summed E-state index contributed by atoms with van der Waals surface area (Å²) in [5, 5.41) is 10.4. The van der Waals surface area contributed by atoms with Gasteiger partial charge in [0.25, 0.3) is 0 Å². The summed E-state index contributed by atoms with van der Waals surface area (Å²) in [5.74, 6) is 0. The Hall–Kier alpha value is -1.42. The van der Waals surface area contributed by atoms with Crippen molar-refractivity contribution in [1.82, 2.24) is 0 Å². The molecule has 0 aromatic heterocycles. The third-order valence-electron chi connectivity index (χ3n) is 1.84. The fourth-order valence-electron chi connectivity index (χ4n) is 1.14. The average molecular weight is 180 g/mol. The molecule has 4 heteroatoms. The number of hydrogen-bond acceptors (Lipinski definition) is 3. The van der Waals surface area contributed by atoms with E-state index in [0.29, 0.717) is 13.0 Å². The number of nitro groups is 1. The van der Waals surface area contributed by atoms with Gasteiger partial charge in [-0.15, -0.1) is 0 Å². The molecule has 0 bridgehead atoms. The van der Waals surface area contributed by atoms with Gasteiger partial charge in [0, 0.05) is 6.08 Å². The first kappa shape index (κ1) is 9.67. The highest BCUT2D eigenvalue weighted by atomic mass is 16.6. The zero-order valence-corrected chi connectivity index (χ0v) is 7.27. The standard InChI is InChI=1S/C9H12N2O2/c10-7-6-8-2-1-3-9(5-4-8)11(12)13/h1-4H,5-7,10H2. The minimum absolute atomic E-state index is 0.225. The molecule has 1 aliphatic rings. The van der Waals surface area contributed by atoms with Crippen molar-refractivity contribution in [2.24, 2.45) is 5.73 Å². The zero-order valence-electron chi connectivity index (χ0n) is 7.27. The van der Waals surface area contributed by atoms with Crippen LogP contribution in [0.5, 0.6) is 0 Å². The maximum atomic E-state index is 10.4. The molecule has 0 fully saturated rings. The summed E-state index contributed by atoms with van der Waals surface area (Å²) in [6.07, 6.45) is 8.10. The average Bonchev–Trinajstić information content (AvgIpc) is 2.30. The largest absolute Gasteiger partial charge is 0.330 e. The molecular formula is C9H12N2O2. The summed E-state index contributed by atoms with van der Waals surface area (Å²) in [4.78, 5) is 10.1. The van der Waals surface area contributed by atoms with E-state index in [4.69, 9.17) is 5.73 Å². The number of hydrogen-bond donors (Lipinski definition) is 1. The van der Waals surface area contributed by atoms with E-state index in [9.17, 15) is 10.1 Å². The van der Waals surface area contributed by atoms with Crippen molar-refractivity contribution < 1.29 is 4.92 Å². The van der Waals surface area contributed by atoms with E-state index in [1.807, 2.05) is 12.2 Å². The van der Waals surface area contributed by atoms with E-state index < -0.39 is 0 Å². The molecule has 0 heterocycles. The van der Waals surface area contributed by atoms with Gasteiger partial charge >= 0.3 is 0 Å². The lowest BCUT2D eigenvalue weighted by Crippen LogP contribution is -1.99. The van der Waals surface area contributed by atoms with Crippen LogP contribution in [0, 0.1) is 10.1 Å². The Kier molecular flexibility index (Phi) is 3.40. The third-order valence-corrected chi connectivity index (χ3v) is 1.84. The first-order chi connectivity index (χ1) is 6.24. The van der Waals surface area contributed by atoms with Gasteiger partial charge in [-0.1, -0.05) is 23.8 Å². The molecule has 0 amide bonds. The smallest absolute Gasteiger partial charge is 0.249 e. The Bertz CT molecular complexity index is 290. The number of nitrogens with zero attached hydrogens (tertiary/aromatic N) is 1. The number of rotatable bonds is 3. The lowest BCUT2D eigenvalue weighted by Gasteiger charge is -1.96. The van der Waals surface area contributed by atoms with Crippen LogP contribution in [-0.2, 0) is 0 Å². The monoisotopic (exact) mass is 180 g/mol. The van der Waals surface area contributed by atoms with Gasteiger partial charge in [0.15, 0.2) is 0 Å². The lowest BCUT2D eigenvalue weighted by molar-refractivity contribution is -0.426. The second-order valence-electron chi connectivity index (χ2n) is 2.80. The Labute approximate surface area is 76.6 Å². The van der Waals surface area contributed by atoms with Gasteiger partial charge < -0.3 is 5.73 Å². The van der Waals surface area contributed by atoms with Crippen molar-refractivity contribution in [3.63, 3.8) is 0 Å². The van der Waals surface area contributed by atoms with Gasteiger partial charge in [-0.05, 0) is 13.0 Å². The molecule has 0 saturated heterocycles. The molecule has 2 N–H and O–H groups in total. The van der Waals surface area contributed by atoms with Crippen LogP contribution < -0.4 is 5.73 Å². The Balaban J connectivity index is 2.68. The molecule has 0 aromatic rings. The van der Waals surface area contributed by atoms with Crippen LogP contribution in [-0.4, -0.2) is 11.5 Å². The van der Waals surface area contributed by atoms with E-state index in [-0.39, 0.29) is 10.6 Å². The number of allylic oxidation sites excluding steroid dienone is 4. The molecule has 0 spiro atoms. The summed E-state index contributed by atoms with van der Waals surface area (Å²) in [6.45, 7) is 0.573. The molecule has 1 rings (SSSR count). The molecule has 0 atom stereocenters. The zero-order chi connectivity index (χ0) is 9.68. The second-order valence-corrected chi connectivity index (χ2v) is 2.80. The fourth-order valence-corrected chi connectivity index (χ4v) is 1.14. The van der Waals surface area contributed by atoms with Crippen LogP contribution in [0.25, 0.3) is 0 Å². The normalized spacial score (nSPS) is 16.1. The predicted molar refractivity (Wildman–Crippen MR) is 50.6 cm³/mol. The molecule has 0 radical (unpaired) electrons. The van der Waals surface area contributed by atoms with Crippen molar-refractivity contribution in [2.45, 2.75) is 12.8 Å². The molecule has 70 valence electrons. The molecule has 0 aliphatic heterocycles. The van der Waals surface area contributed by atoms with E-state index in [1.165, 1.54) is 6.08 Å². The van der Waals surface area contributed by atoms with Crippen LogP contribution in [0.1, 0.15) is 12.8 Å². The van der Waals surface area contributed by atoms with Gasteiger partial charge in [-0.25, -0.2) is 0 Å². The van der Waals surface area contributed by atoms with Crippen LogP contribution in [0.3, 0.4) is 0 Å². The summed E-state index contributed by atoms with van der Waals surface area (Å²) in [5.41, 5.74) is 6.67. The lowest BCUT2D eigenvalue weighted by atomic mass is 10.1. The van der Waals surface area contributed by atoms with Gasteiger partial charge in [0.05, 0.1) is 11.3 Å². The summed E-state index contributed by atoms with van der Waals surface area (Å²) < 4.78 is 0. The molecule has 4 nitrogen and oxygen atoms in total. The molecule has 13 heavy (non-hydrogen) atoms. The molecule has 0 aromatic carbocycles. The molecule has 0 saturated carbocycles. The summed E-state index contributed by atoms with van der Waals surface area (Å²) in [6, 6.07) is 0. The first-order valence-electron chi connectivity index (χ1n) is 4.15. The van der Waals surface area contributed by atoms with Crippen molar-refractivity contribution in [3.05, 3.63) is 45.7 Å². The van der Waals surface area contributed by atoms with Crippen molar-refractivity contribution in [2.75, 3.05) is 6.54 Å². The van der Waals surface area contributed by atoms with E-state index in [2.05, 4.69) is 0 Å². The van der Waals surface area contributed by atoms with E-state index >= 15 is 0 Å². The van der Waals surface area contributed by atoms with Crippen LogP contribution in [0.4, 0.5) is 0 Å². The quantitative estimate of drug-likeness (QED) is 0.527. The van der Waals surface area contributed by atoms with Gasteiger partial charge in [0.1, 0.15) is 0 Å². The Morgan fingerprint density at radius 1 is 1.62 bits per heavy atom. The van der Waals surface area contributed by atoms with Crippen molar-refractivity contribution in [1.29, 1.82) is 0 Å². The second kappa shape index (κ2) is 4.57. The van der Waals surface area contributed by atoms with Crippen molar-refractivity contribution in [3.8, 4) is 0 Å². The minimum atomic E-state index is -0.355. The van der Waals surface area contributed by atoms with Crippen molar-refractivity contribution >= 4 is 0 Å². The Morgan fingerprint density at radius 3 is 3.00 bits per heavy atom. The van der Waals surface area contributed by atoms with Gasteiger partial charge in [0.2, 0.25) is 5.70 Å². The maximum Gasteiger partial charge on any atom is 0.249 e. The molecule has 1 aliphatic carbocycles.